The number of nitrogens with zero attached hydrogens (tertiary/aromatic N) is 3. The molecule has 0 aliphatic rings. The Hall–Kier alpha value is -2.00. The van der Waals surface area contributed by atoms with E-state index >= 15 is 0 Å². The SMILES string of the molecule is [N-]=[N+]=NCCC=Cc1cc(F)ccc1N. The third-order valence-corrected chi connectivity index (χ3v) is 1.81. The molecular formula is C10H11FN4. The van der Waals surface area contributed by atoms with E-state index in [1.54, 1.807) is 12.2 Å². The highest BCUT2D eigenvalue weighted by Gasteiger charge is 1.96. The van der Waals surface area contributed by atoms with Crippen molar-refractivity contribution in [2.45, 2.75) is 6.42 Å². The monoisotopic (exact) mass is 206 g/mol. The Morgan fingerprint density at radius 1 is 1.53 bits per heavy atom. The zero-order chi connectivity index (χ0) is 11.1. The summed E-state index contributed by atoms with van der Waals surface area (Å²) in [5.41, 5.74) is 14.8. The van der Waals surface area contributed by atoms with Crippen molar-refractivity contribution in [3.8, 4) is 0 Å². The van der Waals surface area contributed by atoms with Crippen LogP contribution in [0.25, 0.3) is 16.5 Å². The quantitative estimate of drug-likeness (QED) is 0.265. The predicted molar refractivity (Wildman–Crippen MR) is 58.5 cm³/mol. The van der Waals surface area contributed by atoms with Gasteiger partial charge >= 0.3 is 0 Å². The molecule has 15 heavy (non-hydrogen) atoms. The molecule has 4 nitrogen and oxygen atoms in total. The number of azide groups is 1. The minimum Gasteiger partial charge on any atom is -0.398 e. The van der Waals surface area contributed by atoms with E-state index in [1.165, 1.54) is 18.2 Å². The molecule has 0 radical (unpaired) electrons. The van der Waals surface area contributed by atoms with E-state index in [-0.39, 0.29) is 5.82 Å². The maximum atomic E-state index is 12.8. The van der Waals surface area contributed by atoms with Gasteiger partial charge in [-0.25, -0.2) is 4.39 Å². The highest BCUT2D eigenvalue weighted by atomic mass is 19.1. The van der Waals surface area contributed by atoms with Crippen LogP contribution in [0.15, 0.2) is 29.4 Å². The summed E-state index contributed by atoms with van der Waals surface area (Å²) in [5.74, 6) is -0.320. The van der Waals surface area contributed by atoms with Crippen LogP contribution in [0.1, 0.15) is 12.0 Å². The van der Waals surface area contributed by atoms with Crippen molar-refractivity contribution in [2.75, 3.05) is 12.3 Å². The van der Waals surface area contributed by atoms with E-state index in [1.807, 2.05) is 0 Å². The minimum absolute atomic E-state index is 0.320. The highest BCUT2D eigenvalue weighted by Crippen LogP contribution is 2.15. The molecule has 0 aromatic heterocycles. The smallest absolute Gasteiger partial charge is 0.123 e. The Balaban J connectivity index is 2.63. The van der Waals surface area contributed by atoms with Crippen LogP contribution in [-0.2, 0) is 0 Å². The van der Waals surface area contributed by atoms with Gasteiger partial charge in [0.05, 0.1) is 0 Å². The van der Waals surface area contributed by atoms with Gasteiger partial charge in [-0.3, -0.25) is 0 Å². The predicted octanol–water partition coefficient (Wildman–Crippen LogP) is 3.12. The van der Waals surface area contributed by atoms with Crippen LogP contribution < -0.4 is 5.73 Å². The number of benzene rings is 1. The molecule has 1 rings (SSSR count). The van der Waals surface area contributed by atoms with Crippen molar-refractivity contribution in [3.63, 3.8) is 0 Å². The van der Waals surface area contributed by atoms with Crippen LogP contribution in [-0.4, -0.2) is 6.54 Å². The number of hydrogen-bond acceptors (Lipinski definition) is 2. The summed E-state index contributed by atoms with van der Waals surface area (Å²) >= 11 is 0. The van der Waals surface area contributed by atoms with E-state index in [0.717, 1.165) is 0 Å². The fraction of sp³-hybridized carbons (Fsp3) is 0.200. The first-order valence-electron chi connectivity index (χ1n) is 4.46. The molecule has 5 heteroatoms. The van der Waals surface area contributed by atoms with Crippen molar-refractivity contribution in [1.29, 1.82) is 0 Å². The first-order valence-corrected chi connectivity index (χ1v) is 4.46. The van der Waals surface area contributed by atoms with Crippen molar-refractivity contribution < 1.29 is 4.39 Å². The van der Waals surface area contributed by atoms with Gasteiger partial charge in [0.15, 0.2) is 0 Å². The molecule has 0 saturated heterocycles. The zero-order valence-corrected chi connectivity index (χ0v) is 8.10. The van der Waals surface area contributed by atoms with Gasteiger partial charge < -0.3 is 5.73 Å². The maximum Gasteiger partial charge on any atom is 0.123 e. The number of nitrogens with two attached hydrogens (primary N) is 1. The molecule has 1 aromatic carbocycles. The summed E-state index contributed by atoms with van der Waals surface area (Å²) in [6.07, 6.45) is 4.12. The Labute approximate surface area is 86.8 Å². The first-order chi connectivity index (χ1) is 7.24. The Morgan fingerprint density at radius 3 is 3.07 bits per heavy atom. The summed E-state index contributed by atoms with van der Waals surface area (Å²) in [7, 11) is 0. The largest absolute Gasteiger partial charge is 0.398 e. The average Bonchev–Trinajstić information content (AvgIpc) is 2.23. The molecule has 0 fully saturated rings. The molecule has 0 heterocycles. The summed E-state index contributed by atoms with van der Waals surface area (Å²) in [4.78, 5) is 2.62. The van der Waals surface area contributed by atoms with Crippen LogP contribution in [0.3, 0.4) is 0 Å². The molecule has 0 aliphatic carbocycles. The van der Waals surface area contributed by atoms with Gasteiger partial charge in [-0.05, 0) is 35.7 Å². The number of hydrogen-bond donors (Lipinski definition) is 1. The van der Waals surface area contributed by atoms with E-state index in [9.17, 15) is 4.39 Å². The van der Waals surface area contributed by atoms with Crippen LogP contribution in [0.4, 0.5) is 10.1 Å². The topological polar surface area (TPSA) is 74.8 Å². The van der Waals surface area contributed by atoms with Gasteiger partial charge in [-0.1, -0.05) is 17.3 Å². The van der Waals surface area contributed by atoms with Crippen LogP contribution >= 0.6 is 0 Å². The molecule has 0 atom stereocenters. The van der Waals surface area contributed by atoms with Crippen LogP contribution in [0.2, 0.25) is 0 Å². The van der Waals surface area contributed by atoms with Gasteiger partial charge in [0.2, 0.25) is 0 Å². The van der Waals surface area contributed by atoms with Crippen molar-refractivity contribution >= 4 is 11.8 Å². The average molecular weight is 206 g/mol. The Kier molecular flexibility index (Phi) is 4.19. The lowest BCUT2D eigenvalue weighted by atomic mass is 10.1. The lowest BCUT2D eigenvalue weighted by Gasteiger charge is -1.99. The molecule has 0 saturated carbocycles. The molecule has 0 unspecified atom stereocenters. The maximum absolute atomic E-state index is 12.8. The van der Waals surface area contributed by atoms with Gasteiger partial charge in [0, 0.05) is 17.1 Å². The molecule has 0 aliphatic heterocycles. The molecule has 1 aromatic rings. The van der Waals surface area contributed by atoms with E-state index < -0.39 is 0 Å². The minimum atomic E-state index is -0.320. The van der Waals surface area contributed by atoms with Gasteiger partial charge in [0.25, 0.3) is 0 Å². The summed E-state index contributed by atoms with van der Waals surface area (Å²) < 4.78 is 12.8. The van der Waals surface area contributed by atoms with E-state index in [4.69, 9.17) is 11.3 Å². The fourth-order valence-corrected chi connectivity index (χ4v) is 1.08. The summed E-state index contributed by atoms with van der Waals surface area (Å²) in [5, 5.41) is 3.37. The number of anilines is 1. The third-order valence-electron chi connectivity index (χ3n) is 1.81. The molecule has 2 N–H and O–H groups in total. The fourth-order valence-electron chi connectivity index (χ4n) is 1.08. The zero-order valence-electron chi connectivity index (χ0n) is 8.10. The lowest BCUT2D eigenvalue weighted by Crippen LogP contribution is -1.89. The second-order valence-electron chi connectivity index (χ2n) is 2.92. The number of halogens is 1. The second-order valence-corrected chi connectivity index (χ2v) is 2.92. The van der Waals surface area contributed by atoms with E-state index in [0.29, 0.717) is 24.2 Å². The van der Waals surface area contributed by atoms with Crippen LogP contribution in [0, 0.1) is 5.82 Å². The van der Waals surface area contributed by atoms with Gasteiger partial charge in [-0.15, -0.1) is 0 Å². The highest BCUT2D eigenvalue weighted by molar-refractivity contribution is 5.64. The molecule has 0 spiro atoms. The number of rotatable bonds is 4. The van der Waals surface area contributed by atoms with Crippen molar-refractivity contribution in [3.05, 3.63) is 46.1 Å². The third kappa shape index (κ3) is 3.70. The van der Waals surface area contributed by atoms with Crippen molar-refractivity contribution in [1.82, 2.24) is 0 Å². The Morgan fingerprint density at radius 2 is 2.33 bits per heavy atom. The Bertz CT molecular complexity index is 408. The van der Waals surface area contributed by atoms with Crippen LogP contribution in [0.5, 0.6) is 0 Å². The summed E-state index contributed by atoms with van der Waals surface area (Å²) in [6, 6.07) is 4.19. The second kappa shape index (κ2) is 5.67. The summed E-state index contributed by atoms with van der Waals surface area (Å²) in [6.45, 7) is 0.391. The standard InChI is InChI=1S/C10H11FN4/c11-9-4-5-10(12)8(7-9)3-1-2-6-14-15-13/h1,3-5,7H,2,6,12H2. The normalized spacial score (nSPS) is 10.2. The molecule has 0 bridgehead atoms. The molecule has 0 amide bonds. The van der Waals surface area contributed by atoms with Crippen molar-refractivity contribution in [2.24, 2.45) is 5.11 Å². The van der Waals surface area contributed by atoms with Gasteiger partial charge in [-0.2, -0.15) is 0 Å². The molecule has 78 valence electrons. The lowest BCUT2D eigenvalue weighted by molar-refractivity contribution is 0.628. The van der Waals surface area contributed by atoms with Gasteiger partial charge in [0.1, 0.15) is 5.82 Å². The molecular weight excluding hydrogens is 195 g/mol. The first kappa shape index (κ1) is 11.1. The number of nitrogen functional groups attached to an aromatic ring is 1. The van der Waals surface area contributed by atoms with E-state index in [2.05, 4.69) is 10.0 Å².